The number of carbonyl (C=O) groups excluding carboxylic acids is 1. The fourth-order valence-electron chi connectivity index (χ4n) is 3.37. The lowest BCUT2D eigenvalue weighted by Gasteiger charge is -2.23. The highest BCUT2D eigenvalue weighted by atomic mass is 35.5. The van der Waals surface area contributed by atoms with Crippen LogP contribution in [0.2, 0.25) is 0 Å². The zero-order chi connectivity index (χ0) is 15.0. The summed E-state index contributed by atoms with van der Waals surface area (Å²) in [6.07, 6.45) is 3.04. The molecular weight excluding hydrogens is 310 g/mol. The molecule has 0 bridgehead atoms. The number of halogens is 3. The summed E-state index contributed by atoms with van der Waals surface area (Å²) in [5.41, 5.74) is 0.769. The van der Waals surface area contributed by atoms with Gasteiger partial charge < -0.3 is 10.6 Å². The maximum absolute atomic E-state index is 13.2. The Labute approximate surface area is 135 Å². The average Bonchev–Trinajstić information content (AvgIpc) is 3.16. The highest BCUT2D eigenvalue weighted by molar-refractivity contribution is 5.85. The van der Waals surface area contributed by atoms with E-state index < -0.39 is 11.6 Å². The maximum atomic E-state index is 13.2. The lowest BCUT2D eigenvalue weighted by atomic mass is 9.91. The summed E-state index contributed by atoms with van der Waals surface area (Å²) in [4.78, 5) is 12.3. The van der Waals surface area contributed by atoms with E-state index in [1.165, 1.54) is 6.07 Å². The van der Waals surface area contributed by atoms with Crippen LogP contribution in [0.1, 0.15) is 37.8 Å². The highest BCUT2D eigenvalue weighted by Gasteiger charge is 2.57. The number of rotatable bonds is 3. The second-order valence-corrected chi connectivity index (χ2v) is 6.27. The summed E-state index contributed by atoms with van der Waals surface area (Å²) in [5.74, 6) is -1.63. The lowest BCUT2D eigenvalue weighted by molar-refractivity contribution is -0.123. The third-order valence-electron chi connectivity index (χ3n) is 4.91. The summed E-state index contributed by atoms with van der Waals surface area (Å²) in [5, 5.41) is 6.24. The Kier molecular flexibility index (Phi) is 5.07. The number of hydrogen-bond acceptors (Lipinski definition) is 2. The number of carbonyl (C=O) groups is 1. The van der Waals surface area contributed by atoms with Crippen LogP contribution in [0.3, 0.4) is 0 Å². The van der Waals surface area contributed by atoms with Gasteiger partial charge >= 0.3 is 0 Å². The number of nitrogens with one attached hydrogen (secondary N) is 2. The average molecular weight is 331 g/mol. The van der Waals surface area contributed by atoms with Crippen molar-refractivity contribution in [3.63, 3.8) is 0 Å². The van der Waals surface area contributed by atoms with Crippen LogP contribution in [-0.4, -0.2) is 19.0 Å². The number of piperidine rings is 1. The van der Waals surface area contributed by atoms with Gasteiger partial charge in [-0.1, -0.05) is 6.07 Å². The monoisotopic (exact) mass is 330 g/mol. The fraction of sp³-hybridized carbons (Fsp3) is 0.562. The van der Waals surface area contributed by atoms with Crippen molar-refractivity contribution in [2.45, 2.75) is 32.2 Å². The minimum absolute atomic E-state index is 0. The minimum Gasteiger partial charge on any atom is -0.349 e. The molecule has 0 aromatic heterocycles. The van der Waals surface area contributed by atoms with Crippen LogP contribution in [0.15, 0.2) is 18.2 Å². The molecule has 0 radical (unpaired) electrons. The van der Waals surface area contributed by atoms with E-state index >= 15 is 0 Å². The number of benzene rings is 1. The molecule has 2 N–H and O–H groups in total. The van der Waals surface area contributed by atoms with Crippen LogP contribution >= 0.6 is 12.4 Å². The van der Waals surface area contributed by atoms with E-state index in [9.17, 15) is 13.6 Å². The van der Waals surface area contributed by atoms with Crippen molar-refractivity contribution in [1.82, 2.24) is 10.6 Å². The molecule has 3 nitrogen and oxygen atoms in total. The smallest absolute Gasteiger partial charge is 0.224 e. The minimum atomic E-state index is -0.880. The molecule has 122 valence electrons. The van der Waals surface area contributed by atoms with Crippen molar-refractivity contribution in [2.75, 3.05) is 13.1 Å². The van der Waals surface area contributed by atoms with Gasteiger partial charge in [0.05, 0.1) is 6.04 Å². The van der Waals surface area contributed by atoms with E-state index in [0.29, 0.717) is 5.56 Å². The van der Waals surface area contributed by atoms with Gasteiger partial charge in [0.1, 0.15) is 0 Å². The topological polar surface area (TPSA) is 41.1 Å². The molecule has 3 rings (SSSR count). The second-order valence-electron chi connectivity index (χ2n) is 6.27. The maximum Gasteiger partial charge on any atom is 0.224 e. The van der Waals surface area contributed by atoms with Gasteiger partial charge in [-0.15, -0.1) is 12.4 Å². The number of hydrogen-bond donors (Lipinski definition) is 2. The van der Waals surface area contributed by atoms with Crippen LogP contribution in [0, 0.1) is 23.0 Å². The zero-order valence-corrected chi connectivity index (χ0v) is 13.3. The van der Waals surface area contributed by atoms with Gasteiger partial charge in [0.25, 0.3) is 0 Å². The van der Waals surface area contributed by atoms with E-state index in [1.807, 2.05) is 0 Å². The molecule has 1 aromatic carbocycles. The third kappa shape index (κ3) is 3.25. The Balaban J connectivity index is 0.00000176. The van der Waals surface area contributed by atoms with E-state index in [1.54, 1.807) is 6.92 Å². The van der Waals surface area contributed by atoms with Crippen LogP contribution in [0.4, 0.5) is 8.78 Å². The third-order valence-corrected chi connectivity index (χ3v) is 4.91. The van der Waals surface area contributed by atoms with Gasteiger partial charge in [-0.05, 0) is 62.4 Å². The molecule has 2 atom stereocenters. The van der Waals surface area contributed by atoms with E-state index in [-0.39, 0.29) is 35.7 Å². The van der Waals surface area contributed by atoms with Crippen molar-refractivity contribution >= 4 is 18.3 Å². The van der Waals surface area contributed by atoms with Gasteiger partial charge in [-0.25, -0.2) is 8.78 Å². The summed E-state index contributed by atoms with van der Waals surface area (Å²) in [7, 11) is 0. The quantitative estimate of drug-likeness (QED) is 0.894. The molecule has 1 saturated carbocycles. The molecule has 1 aromatic rings. The first kappa shape index (κ1) is 17.2. The number of amides is 1. The molecule has 1 aliphatic heterocycles. The summed E-state index contributed by atoms with van der Waals surface area (Å²) >= 11 is 0. The Morgan fingerprint density at radius 2 is 2.00 bits per heavy atom. The Bertz CT molecular complexity index is 561. The molecule has 1 saturated heterocycles. The summed E-state index contributed by atoms with van der Waals surface area (Å²) in [6.45, 7) is 3.74. The highest BCUT2D eigenvalue weighted by Crippen LogP contribution is 2.58. The van der Waals surface area contributed by atoms with Crippen molar-refractivity contribution in [3.05, 3.63) is 35.4 Å². The van der Waals surface area contributed by atoms with Crippen molar-refractivity contribution in [3.8, 4) is 0 Å². The van der Waals surface area contributed by atoms with Crippen LogP contribution in [0.25, 0.3) is 0 Å². The van der Waals surface area contributed by atoms with Crippen LogP contribution < -0.4 is 10.6 Å². The predicted octanol–water partition coefficient (Wildman–Crippen LogP) is 2.95. The summed E-state index contributed by atoms with van der Waals surface area (Å²) in [6, 6.07) is 3.44. The predicted molar refractivity (Wildman–Crippen MR) is 82.8 cm³/mol. The molecule has 2 aliphatic rings. The second kappa shape index (κ2) is 6.50. The first-order valence-electron chi connectivity index (χ1n) is 7.48. The first-order chi connectivity index (χ1) is 10.0. The van der Waals surface area contributed by atoms with Gasteiger partial charge in [0.15, 0.2) is 11.6 Å². The van der Waals surface area contributed by atoms with Crippen LogP contribution in [-0.2, 0) is 4.79 Å². The van der Waals surface area contributed by atoms with Gasteiger partial charge in [-0.2, -0.15) is 0 Å². The molecular formula is C16H21ClF2N2O. The van der Waals surface area contributed by atoms with E-state index in [0.717, 1.165) is 44.5 Å². The standard InChI is InChI=1S/C16H20F2N2O.ClH/c1-10(11-2-3-13(17)14(18)8-11)20-15(21)12-9-16(12)4-6-19-7-5-16;/h2-3,8,10,12,19H,4-7,9H2,1H3,(H,20,21);1H. The van der Waals surface area contributed by atoms with Crippen molar-refractivity contribution in [2.24, 2.45) is 11.3 Å². The SMILES string of the molecule is CC(NC(=O)C1CC12CCNCC2)c1ccc(F)c(F)c1.Cl. The Morgan fingerprint density at radius 1 is 1.32 bits per heavy atom. The normalized spacial score (nSPS) is 23.5. The molecule has 2 unspecified atom stereocenters. The van der Waals surface area contributed by atoms with Gasteiger partial charge in [0, 0.05) is 5.92 Å². The summed E-state index contributed by atoms with van der Waals surface area (Å²) < 4.78 is 26.2. The molecule has 1 spiro atoms. The lowest BCUT2D eigenvalue weighted by Crippen LogP contribution is -2.34. The molecule has 6 heteroatoms. The zero-order valence-electron chi connectivity index (χ0n) is 12.5. The van der Waals surface area contributed by atoms with E-state index in [2.05, 4.69) is 10.6 Å². The molecule has 1 heterocycles. The largest absolute Gasteiger partial charge is 0.349 e. The van der Waals surface area contributed by atoms with E-state index in [4.69, 9.17) is 0 Å². The van der Waals surface area contributed by atoms with Crippen LogP contribution in [0.5, 0.6) is 0 Å². The molecule has 2 fully saturated rings. The molecule has 1 aliphatic carbocycles. The Hall–Kier alpha value is -1.20. The van der Waals surface area contributed by atoms with Gasteiger partial charge in [-0.3, -0.25) is 4.79 Å². The first-order valence-corrected chi connectivity index (χ1v) is 7.48. The van der Waals surface area contributed by atoms with Crippen molar-refractivity contribution in [1.29, 1.82) is 0 Å². The molecule has 22 heavy (non-hydrogen) atoms. The fourth-order valence-corrected chi connectivity index (χ4v) is 3.37. The Morgan fingerprint density at radius 3 is 2.64 bits per heavy atom. The van der Waals surface area contributed by atoms with Gasteiger partial charge in [0.2, 0.25) is 5.91 Å². The van der Waals surface area contributed by atoms with Crippen molar-refractivity contribution < 1.29 is 13.6 Å². The molecule has 1 amide bonds.